The molecule has 124 valence electrons. The second-order valence-electron chi connectivity index (χ2n) is 6.11. The molecule has 1 aliphatic heterocycles. The third-order valence-electron chi connectivity index (χ3n) is 4.79. The Bertz CT molecular complexity index is 777. The Morgan fingerprint density at radius 3 is 1.50 bits per heavy atom. The Morgan fingerprint density at radius 2 is 1.12 bits per heavy atom. The second kappa shape index (κ2) is 6.58. The van der Waals surface area contributed by atoms with E-state index < -0.39 is 6.04 Å². The lowest BCUT2D eigenvalue weighted by Crippen LogP contribution is -2.21. The summed E-state index contributed by atoms with van der Waals surface area (Å²) in [5.74, 6) is 3.48. The van der Waals surface area contributed by atoms with Gasteiger partial charge in [0.25, 0.3) is 0 Å². The molecule has 0 atom stereocenters. The SMILES string of the molecule is CC1=C(C)N(C)C(=CP(=S)(c2ccccc2)c2ccccc2)N1C. The van der Waals surface area contributed by atoms with E-state index in [4.69, 9.17) is 11.8 Å². The van der Waals surface area contributed by atoms with Crippen LogP contribution in [-0.2, 0) is 11.8 Å². The van der Waals surface area contributed by atoms with E-state index in [-0.39, 0.29) is 0 Å². The summed E-state index contributed by atoms with van der Waals surface area (Å²) in [6, 6.07) is 19.0. The van der Waals surface area contributed by atoms with E-state index in [2.05, 4.69) is 92.1 Å². The topological polar surface area (TPSA) is 6.48 Å². The monoisotopic (exact) mass is 354 g/mol. The largest absolute Gasteiger partial charge is 0.333 e. The van der Waals surface area contributed by atoms with Crippen LogP contribution in [0.2, 0.25) is 0 Å². The fourth-order valence-electron chi connectivity index (χ4n) is 2.99. The number of nitrogens with zero attached hydrogens (tertiary/aromatic N) is 2. The maximum atomic E-state index is 6.32. The van der Waals surface area contributed by atoms with Crippen LogP contribution in [0.25, 0.3) is 0 Å². The van der Waals surface area contributed by atoms with Crippen LogP contribution in [0, 0.1) is 0 Å². The molecule has 2 aromatic carbocycles. The van der Waals surface area contributed by atoms with Crippen LogP contribution < -0.4 is 10.6 Å². The Balaban J connectivity index is 2.19. The predicted octanol–water partition coefficient (Wildman–Crippen LogP) is 4.04. The molecule has 0 spiro atoms. The van der Waals surface area contributed by atoms with E-state index in [1.165, 1.54) is 27.8 Å². The minimum atomic E-state index is -2.04. The van der Waals surface area contributed by atoms with E-state index >= 15 is 0 Å². The molecule has 0 fully saturated rings. The summed E-state index contributed by atoms with van der Waals surface area (Å²) in [6.45, 7) is 4.31. The number of benzene rings is 2. The van der Waals surface area contributed by atoms with Gasteiger partial charge in [-0.25, -0.2) is 0 Å². The van der Waals surface area contributed by atoms with E-state index in [1.807, 2.05) is 12.1 Å². The zero-order valence-electron chi connectivity index (χ0n) is 14.6. The van der Waals surface area contributed by atoms with Crippen molar-refractivity contribution in [3.05, 3.63) is 83.7 Å². The molecule has 2 aromatic rings. The minimum absolute atomic E-state index is 1.17. The lowest BCUT2D eigenvalue weighted by Gasteiger charge is -2.26. The average Bonchev–Trinajstić information content (AvgIpc) is 2.81. The van der Waals surface area contributed by atoms with Gasteiger partial charge in [0, 0.05) is 31.5 Å². The molecular weight excluding hydrogens is 331 g/mol. The van der Waals surface area contributed by atoms with Crippen molar-refractivity contribution in [1.82, 2.24) is 9.80 Å². The fourth-order valence-corrected chi connectivity index (χ4v) is 6.50. The normalized spacial score (nSPS) is 15.2. The molecule has 0 aliphatic carbocycles. The van der Waals surface area contributed by atoms with E-state index in [1.54, 1.807) is 0 Å². The van der Waals surface area contributed by atoms with E-state index in [0.717, 1.165) is 0 Å². The van der Waals surface area contributed by atoms with Crippen molar-refractivity contribution < 1.29 is 0 Å². The molecule has 0 bridgehead atoms. The van der Waals surface area contributed by atoms with Crippen molar-refractivity contribution in [3.63, 3.8) is 0 Å². The van der Waals surface area contributed by atoms with Gasteiger partial charge in [0.15, 0.2) is 0 Å². The zero-order valence-corrected chi connectivity index (χ0v) is 16.3. The van der Waals surface area contributed by atoms with Gasteiger partial charge >= 0.3 is 0 Å². The molecule has 0 saturated heterocycles. The van der Waals surface area contributed by atoms with Crippen molar-refractivity contribution in [1.29, 1.82) is 0 Å². The first-order chi connectivity index (χ1) is 11.4. The van der Waals surface area contributed by atoms with Crippen LogP contribution in [0.1, 0.15) is 13.8 Å². The fraction of sp³-hybridized carbons (Fsp3) is 0.200. The molecule has 24 heavy (non-hydrogen) atoms. The minimum Gasteiger partial charge on any atom is -0.333 e. The van der Waals surface area contributed by atoms with Gasteiger partial charge in [-0.2, -0.15) is 0 Å². The van der Waals surface area contributed by atoms with Gasteiger partial charge in [0.05, 0.1) is 0 Å². The van der Waals surface area contributed by atoms with Crippen LogP contribution in [-0.4, -0.2) is 23.9 Å². The van der Waals surface area contributed by atoms with Gasteiger partial charge in [-0.1, -0.05) is 72.5 Å². The van der Waals surface area contributed by atoms with Crippen molar-refractivity contribution in [3.8, 4) is 0 Å². The van der Waals surface area contributed by atoms with Gasteiger partial charge in [-0.3, -0.25) is 0 Å². The number of allylic oxidation sites excluding steroid dienone is 2. The van der Waals surface area contributed by atoms with E-state index in [9.17, 15) is 0 Å². The lowest BCUT2D eigenvalue weighted by molar-refractivity contribution is 0.424. The highest BCUT2D eigenvalue weighted by Gasteiger charge is 2.28. The molecule has 0 N–H and O–H groups in total. The van der Waals surface area contributed by atoms with Crippen molar-refractivity contribution in [2.24, 2.45) is 0 Å². The van der Waals surface area contributed by atoms with Gasteiger partial charge in [-0.15, -0.1) is 0 Å². The van der Waals surface area contributed by atoms with Gasteiger partial charge < -0.3 is 9.80 Å². The van der Waals surface area contributed by atoms with Gasteiger partial charge in [-0.05, 0) is 30.3 Å². The summed E-state index contributed by atoms with van der Waals surface area (Å²) < 4.78 is 0. The number of hydrogen-bond acceptors (Lipinski definition) is 3. The Hall–Kier alpha value is -1.83. The summed E-state index contributed by atoms with van der Waals surface area (Å²) >= 11 is 6.32. The van der Waals surface area contributed by atoms with Gasteiger partial charge in [0.1, 0.15) is 5.82 Å². The second-order valence-corrected chi connectivity index (χ2v) is 10.4. The first-order valence-electron chi connectivity index (χ1n) is 8.04. The van der Waals surface area contributed by atoms with Crippen LogP contribution in [0.3, 0.4) is 0 Å². The summed E-state index contributed by atoms with van der Waals surface area (Å²) in [5.41, 5.74) is 2.54. The van der Waals surface area contributed by atoms with Crippen molar-refractivity contribution in [2.75, 3.05) is 14.1 Å². The maximum absolute atomic E-state index is 6.32. The maximum Gasteiger partial charge on any atom is 0.114 e. The Morgan fingerprint density at radius 1 is 0.750 bits per heavy atom. The van der Waals surface area contributed by atoms with Gasteiger partial charge in [0.2, 0.25) is 0 Å². The van der Waals surface area contributed by atoms with Crippen LogP contribution >= 0.6 is 6.04 Å². The molecule has 0 saturated carbocycles. The standard InChI is InChI=1S/C20H23N2PS/c1-16-17(2)22(4)20(21(16)3)15-23(24,18-11-7-5-8-12-18)19-13-9-6-10-14-19/h5-15H,1-4H3. The highest BCUT2D eigenvalue weighted by molar-refractivity contribution is 8.23. The molecule has 1 aliphatic rings. The molecule has 1 heterocycles. The molecular formula is C20H23N2PS. The highest BCUT2D eigenvalue weighted by atomic mass is 32.4. The molecule has 4 heteroatoms. The quantitative estimate of drug-likeness (QED) is 0.768. The highest BCUT2D eigenvalue weighted by Crippen LogP contribution is 2.48. The number of rotatable bonds is 3. The molecule has 0 unspecified atom stereocenters. The van der Waals surface area contributed by atoms with Crippen LogP contribution in [0.15, 0.2) is 83.7 Å². The summed E-state index contributed by atoms with van der Waals surface area (Å²) in [5, 5.41) is 2.45. The van der Waals surface area contributed by atoms with Crippen molar-refractivity contribution in [2.45, 2.75) is 13.8 Å². The smallest absolute Gasteiger partial charge is 0.114 e. The first kappa shape index (κ1) is 17.0. The molecule has 2 nitrogen and oxygen atoms in total. The predicted molar refractivity (Wildman–Crippen MR) is 108 cm³/mol. The third-order valence-corrected chi connectivity index (χ3v) is 9.10. The average molecular weight is 354 g/mol. The molecule has 0 radical (unpaired) electrons. The molecule has 0 aromatic heterocycles. The molecule has 0 amide bonds. The van der Waals surface area contributed by atoms with E-state index in [0.29, 0.717) is 0 Å². The Labute approximate surface area is 150 Å². The summed E-state index contributed by atoms with van der Waals surface area (Å²) in [6.07, 6.45) is 0. The lowest BCUT2D eigenvalue weighted by atomic mass is 10.4. The molecule has 3 rings (SSSR count). The van der Waals surface area contributed by atoms with Crippen LogP contribution in [0.5, 0.6) is 0 Å². The van der Waals surface area contributed by atoms with Crippen molar-refractivity contribution >= 4 is 28.5 Å². The summed E-state index contributed by atoms with van der Waals surface area (Å²) in [7, 11) is 4.23. The third kappa shape index (κ3) is 2.83. The zero-order chi connectivity index (χ0) is 17.3. The number of hydrogen-bond donors (Lipinski definition) is 0. The Kier molecular flexibility index (Phi) is 4.67. The van der Waals surface area contributed by atoms with Crippen LogP contribution in [0.4, 0.5) is 0 Å². The summed E-state index contributed by atoms with van der Waals surface area (Å²) in [4.78, 5) is 4.48. The first-order valence-corrected chi connectivity index (χ1v) is 10.9.